The molecule has 1 aromatic rings. The highest BCUT2D eigenvalue weighted by Crippen LogP contribution is 2.15. The Morgan fingerprint density at radius 2 is 2.40 bits per heavy atom. The largest absolute Gasteiger partial charge is 0.497 e. The second-order valence-corrected chi connectivity index (χ2v) is 5.10. The summed E-state index contributed by atoms with van der Waals surface area (Å²) in [5.74, 6) is 0.793. The fourth-order valence-electron chi connectivity index (χ4n) is 2.12. The van der Waals surface area contributed by atoms with Crippen molar-refractivity contribution < 1.29 is 14.3 Å². The molecule has 0 bridgehead atoms. The van der Waals surface area contributed by atoms with E-state index in [4.69, 9.17) is 27.4 Å². The van der Waals surface area contributed by atoms with Crippen LogP contribution in [0.2, 0.25) is 0 Å². The third kappa shape index (κ3) is 3.68. The van der Waals surface area contributed by atoms with Crippen LogP contribution in [0.5, 0.6) is 5.75 Å². The predicted octanol–water partition coefficient (Wildman–Crippen LogP) is 0.751. The Morgan fingerprint density at radius 3 is 3.10 bits per heavy atom. The summed E-state index contributed by atoms with van der Waals surface area (Å²) in [6, 6.07) is 7.50. The topological polar surface area (TPSA) is 64.8 Å². The van der Waals surface area contributed by atoms with Crippen molar-refractivity contribution >= 4 is 23.1 Å². The number of nitrogens with two attached hydrogens (primary N) is 1. The predicted molar refractivity (Wildman–Crippen MR) is 79.8 cm³/mol. The Hall–Kier alpha value is -1.66. The molecule has 1 fully saturated rings. The second-order valence-electron chi connectivity index (χ2n) is 4.63. The van der Waals surface area contributed by atoms with Crippen LogP contribution in [0.3, 0.4) is 0 Å². The van der Waals surface area contributed by atoms with Gasteiger partial charge < -0.3 is 20.1 Å². The first kappa shape index (κ1) is 14.7. The number of hydrogen-bond acceptors (Lipinski definition) is 4. The Morgan fingerprint density at radius 1 is 1.60 bits per heavy atom. The van der Waals surface area contributed by atoms with Crippen molar-refractivity contribution in [2.24, 2.45) is 5.73 Å². The first-order valence-electron chi connectivity index (χ1n) is 6.42. The highest BCUT2D eigenvalue weighted by atomic mass is 32.1. The van der Waals surface area contributed by atoms with Gasteiger partial charge in [0.15, 0.2) is 0 Å². The molecule has 0 aromatic heterocycles. The zero-order valence-corrected chi connectivity index (χ0v) is 12.2. The van der Waals surface area contributed by atoms with Crippen molar-refractivity contribution in [3.63, 3.8) is 0 Å². The third-order valence-corrected chi connectivity index (χ3v) is 3.49. The molecule has 0 radical (unpaired) electrons. The molecule has 1 heterocycles. The summed E-state index contributed by atoms with van der Waals surface area (Å²) in [6.45, 7) is 1.46. The lowest BCUT2D eigenvalue weighted by atomic mass is 10.1. The number of ether oxygens (including phenoxy) is 2. The fraction of sp³-hybridized carbons (Fsp3) is 0.429. The van der Waals surface area contributed by atoms with E-state index >= 15 is 0 Å². The molecule has 0 saturated carbocycles. The zero-order valence-electron chi connectivity index (χ0n) is 11.4. The van der Waals surface area contributed by atoms with Gasteiger partial charge in [-0.05, 0) is 17.7 Å². The van der Waals surface area contributed by atoms with Gasteiger partial charge in [-0.3, -0.25) is 4.79 Å². The standard InChI is InChI=1S/C14H18N2O3S/c1-18-11-4-2-3-10(7-11)8-13(17)16-5-6-19-12(9-16)14(15)20/h2-4,7,12H,5-6,8-9H2,1H3,(H2,15,20). The minimum Gasteiger partial charge on any atom is -0.497 e. The van der Waals surface area contributed by atoms with Crippen LogP contribution in [-0.4, -0.2) is 48.7 Å². The van der Waals surface area contributed by atoms with E-state index < -0.39 is 0 Å². The summed E-state index contributed by atoms with van der Waals surface area (Å²) >= 11 is 4.92. The van der Waals surface area contributed by atoms with Gasteiger partial charge in [-0.25, -0.2) is 0 Å². The monoisotopic (exact) mass is 294 g/mol. The van der Waals surface area contributed by atoms with Crippen molar-refractivity contribution in [1.82, 2.24) is 4.90 Å². The highest BCUT2D eigenvalue weighted by Gasteiger charge is 2.25. The van der Waals surface area contributed by atoms with Gasteiger partial charge in [-0.1, -0.05) is 24.4 Å². The molecule has 1 unspecified atom stereocenters. The Labute approximate surface area is 123 Å². The van der Waals surface area contributed by atoms with E-state index in [0.29, 0.717) is 31.1 Å². The number of hydrogen-bond donors (Lipinski definition) is 1. The zero-order chi connectivity index (χ0) is 14.5. The quantitative estimate of drug-likeness (QED) is 0.830. The van der Waals surface area contributed by atoms with Gasteiger partial charge in [-0.2, -0.15) is 0 Å². The first-order valence-corrected chi connectivity index (χ1v) is 6.82. The third-order valence-electron chi connectivity index (χ3n) is 3.23. The van der Waals surface area contributed by atoms with Crippen LogP contribution in [0, 0.1) is 0 Å². The van der Waals surface area contributed by atoms with E-state index in [0.717, 1.165) is 11.3 Å². The molecule has 1 aliphatic rings. The van der Waals surface area contributed by atoms with Crippen molar-refractivity contribution in [2.75, 3.05) is 26.8 Å². The van der Waals surface area contributed by atoms with Crippen LogP contribution >= 0.6 is 12.2 Å². The van der Waals surface area contributed by atoms with Crippen LogP contribution < -0.4 is 10.5 Å². The number of rotatable bonds is 4. The summed E-state index contributed by atoms with van der Waals surface area (Å²) in [5, 5.41) is 0. The number of benzene rings is 1. The second kappa shape index (κ2) is 6.67. The number of carbonyl (C=O) groups is 1. The molecule has 2 N–H and O–H groups in total. The van der Waals surface area contributed by atoms with Crippen LogP contribution in [-0.2, 0) is 16.0 Å². The van der Waals surface area contributed by atoms with Crippen LogP contribution in [0.4, 0.5) is 0 Å². The van der Waals surface area contributed by atoms with E-state index in [2.05, 4.69) is 0 Å². The van der Waals surface area contributed by atoms with E-state index in [1.807, 2.05) is 24.3 Å². The van der Waals surface area contributed by atoms with Gasteiger partial charge in [0.25, 0.3) is 0 Å². The summed E-state index contributed by atoms with van der Waals surface area (Å²) in [4.78, 5) is 14.3. The number of amides is 1. The number of thiocarbonyl (C=S) groups is 1. The van der Waals surface area contributed by atoms with Crippen LogP contribution in [0.25, 0.3) is 0 Å². The number of methoxy groups -OCH3 is 1. The highest BCUT2D eigenvalue weighted by molar-refractivity contribution is 7.80. The van der Waals surface area contributed by atoms with Gasteiger partial charge in [0, 0.05) is 6.54 Å². The Kier molecular flexibility index (Phi) is 4.92. The van der Waals surface area contributed by atoms with Crippen molar-refractivity contribution in [3.05, 3.63) is 29.8 Å². The summed E-state index contributed by atoms with van der Waals surface area (Å²) in [7, 11) is 1.61. The lowest BCUT2D eigenvalue weighted by Crippen LogP contribution is -2.50. The molecule has 6 heteroatoms. The number of carbonyl (C=O) groups excluding carboxylic acids is 1. The minimum atomic E-state index is -0.340. The maximum absolute atomic E-state index is 12.3. The first-order chi connectivity index (χ1) is 9.60. The normalized spacial score (nSPS) is 18.6. The lowest BCUT2D eigenvalue weighted by Gasteiger charge is -2.32. The summed E-state index contributed by atoms with van der Waals surface area (Å²) in [5.41, 5.74) is 6.50. The smallest absolute Gasteiger partial charge is 0.227 e. The minimum absolute atomic E-state index is 0.0443. The maximum Gasteiger partial charge on any atom is 0.227 e. The number of morpholine rings is 1. The molecule has 1 aliphatic heterocycles. The Balaban J connectivity index is 1.98. The molecule has 1 atom stereocenters. The number of nitrogens with zero attached hydrogens (tertiary/aromatic N) is 1. The van der Waals surface area contributed by atoms with Gasteiger partial charge in [0.05, 0.1) is 26.7 Å². The molecular weight excluding hydrogens is 276 g/mol. The van der Waals surface area contributed by atoms with E-state index in [1.165, 1.54) is 0 Å². The summed E-state index contributed by atoms with van der Waals surface area (Å²) in [6.07, 6.45) is -0.00523. The lowest BCUT2D eigenvalue weighted by molar-refractivity contribution is -0.135. The van der Waals surface area contributed by atoms with Crippen molar-refractivity contribution in [1.29, 1.82) is 0 Å². The molecule has 0 aliphatic carbocycles. The molecule has 0 spiro atoms. The van der Waals surface area contributed by atoms with E-state index in [1.54, 1.807) is 12.0 Å². The molecule has 2 rings (SSSR count). The molecule has 108 valence electrons. The maximum atomic E-state index is 12.3. The molecule has 20 heavy (non-hydrogen) atoms. The Bertz CT molecular complexity index is 507. The van der Waals surface area contributed by atoms with Crippen LogP contribution in [0.1, 0.15) is 5.56 Å². The molecule has 1 aromatic carbocycles. The average Bonchev–Trinajstić information content (AvgIpc) is 2.47. The van der Waals surface area contributed by atoms with Crippen LogP contribution in [0.15, 0.2) is 24.3 Å². The van der Waals surface area contributed by atoms with Crippen molar-refractivity contribution in [2.45, 2.75) is 12.5 Å². The molecule has 5 nitrogen and oxygen atoms in total. The fourth-order valence-corrected chi connectivity index (χ4v) is 2.26. The van der Waals surface area contributed by atoms with E-state index in [9.17, 15) is 4.79 Å². The molecular formula is C14H18N2O3S. The van der Waals surface area contributed by atoms with Gasteiger partial charge in [0.2, 0.25) is 5.91 Å². The average molecular weight is 294 g/mol. The van der Waals surface area contributed by atoms with Gasteiger partial charge in [-0.15, -0.1) is 0 Å². The SMILES string of the molecule is COc1cccc(CC(=O)N2CCOC(C(N)=S)C2)c1. The summed E-state index contributed by atoms with van der Waals surface area (Å²) < 4.78 is 10.6. The molecule has 1 amide bonds. The van der Waals surface area contributed by atoms with Crippen molar-refractivity contribution in [3.8, 4) is 5.75 Å². The molecule has 1 saturated heterocycles. The van der Waals surface area contributed by atoms with Gasteiger partial charge >= 0.3 is 0 Å². The van der Waals surface area contributed by atoms with E-state index in [-0.39, 0.29) is 12.0 Å². The van der Waals surface area contributed by atoms with Gasteiger partial charge in [0.1, 0.15) is 16.8 Å².